The molecule has 1 aromatic carbocycles. The minimum atomic E-state index is -0.525. The molecule has 1 atom stereocenters. The maximum Gasteiger partial charge on any atom is 0.152 e. The number of rotatable bonds is 4. The molecule has 1 fully saturated rings. The Balaban J connectivity index is 2.00. The first kappa shape index (κ1) is 12.0. The smallest absolute Gasteiger partial charge is 0.152 e. The van der Waals surface area contributed by atoms with Crippen LogP contribution in [0.2, 0.25) is 0 Å². The molecular weight excluding hydrogens is 221 g/mol. The molecule has 0 amide bonds. The molecule has 3 nitrogen and oxygen atoms in total. The van der Waals surface area contributed by atoms with Gasteiger partial charge in [0.2, 0.25) is 0 Å². The Morgan fingerprint density at radius 2 is 2.41 bits per heavy atom. The van der Waals surface area contributed by atoms with Crippen LogP contribution in [0.25, 0.3) is 0 Å². The normalized spacial score (nSPS) is 20.5. The molecule has 0 radical (unpaired) electrons. The molecule has 17 heavy (non-hydrogen) atoms. The SMILES string of the molecule is CCN1CCC(Oc2ccc(C=O)c(F)c2)C1. The van der Waals surface area contributed by atoms with Crippen molar-refractivity contribution in [2.75, 3.05) is 19.6 Å². The highest BCUT2D eigenvalue weighted by molar-refractivity contribution is 5.75. The average molecular weight is 237 g/mol. The number of aldehydes is 1. The summed E-state index contributed by atoms with van der Waals surface area (Å²) in [7, 11) is 0. The number of nitrogens with zero attached hydrogens (tertiary/aromatic N) is 1. The van der Waals surface area contributed by atoms with Gasteiger partial charge in [0.05, 0.1) is 5.56 Å². The first-order chi connectivity index (χ1) is 8.22. The van der Waals surface area contributed by atoms with Crippen molar-refractivity contribution in [1.82, 2.24) is 4.90 Å². The lowest BCUT2D eigenvalue weighted by atomic mass is 10.2. The van der Waals surface area contributed by atoms with Crippen molar-refractivity contribution in [2.45, 2.75) is 19.4 Å². The second-order valence-corrected chi connectivity index (χ2v) is 4.22. The predicted molar refractivity (Wildman–Crippen MR) is 62.9 cm³/mol. The molecule has 0 bridgehead atoms. The van der Waals surface area contributed by atoms with E-state index in [1.54, 1.807) is 6.07 Å². The highest BCUT2D eigenvalue weighted by Gasteiger charge is 2.22. The van der Waals surface area contributed by atoms with Crippen LogP contribution in [0, 0.1) is 5.82 Å². The first-order valence-corrected chi connectivity index (χ1v) is 5.86. The molecule has 1 aliphatic heterocycles. The van der Waals surface area contributed by atoms with Gasteiger partial charge in [0.1, 0.15) is 17.7 Å². The van der Waals surface area contributed by atoms with Gasteiger partial charge in [0, 0.05) is 19.2 Å². The van der Waals surface area contributed by atoms with Gasteiger partial charge in [0.25, 0.3) is 0 Å². The van der Waals surface area contributed by atoms with Crippen molar-refractivity contribution >= 4 is 6.29 Å². The summed E-state index contributed by atoms with van der Waals surface area (Å²) in [4.78, 5) is 12.8. The van der Waals surface area contributed by atoms with Crippen LogP contribution in [0.15, 0.2) is 18.2 Å². The van der Waals surface area contributed by atoms with Crippen molar-refractivity contribution in [3.63, 3.8) is 0 Å². The average Bonchev–Trinajstić information content (AvgIpc) is 2.77. The van der Waals surface area contributed by atoms with Crippen LogP contribution < -0.4 is 4.74 Å². The molecule has 0 aromatic heterocycles. The number of halogens is 1. The summed E-state index contributed by atoms with van der Waals surface area (Å²) < 4.78 is 19.0. The van der Waals surface area contributed by atoms with Gasteiger partial charge in [-0.15, -0.1) is 0 Å². The van der Waals surface area contributed by atoms with E-state index in [-0.39, 0.29) is 11.7 Å². The second kappa shape index (κ2) is 5.27. The fraction of sp³-hybridized carbons (Fsp3) is 0.462. The van der Waals surface area contributed by atoms with Gasteiger partial charge >= 0.3 is 0 Å². The Bertz CT molecular complexity index is 408. The number of benzene rings is 1. The molecule has 1 aliphatic rings. The lowest BCUT2D eigenvalue weighted by Crippen LogP contribution is -2.24. The standard InChI is InChI=1S/C13H16FNO2/c1-2-15-6-5-12(8-15)17-11-4-3-10(9-16)13(14)7-11/h3-4,7,9,12H,2,5-6,8H2,1H3. The van der Waals surface area contributed by atoms with Gasteiger partial charge in [-0.3, -0.25) is 9.69 Å². The van der Waals surface area contributed by atoms with E-state index in [4.69, 9.17) is 4.74 Å². The van der Waals surface area contributed by atoms with Crippen LogP contribution in [0.4, 0.5) is 4.39 Å². The summed E-state index contributed by atoms with van der Waals surface area (Å²) in [5.41, 5.74) is 0.0685. The number of carbonyl (C=O) groups is 1. The maximum absolute atomic E-state index is 13.3. The monoisotopic (exact) mass is 237 g/mol. The Morgan fingerprint density at radius 3 is 3.00 bits per heavy atom. The second-order valence-electron chi connectivity index (χ2n) is 4.22. The van der Waals surface area contributed by atoms with Crippen LogP contribution in [0.5, 0.6) is 5.75 Å². The van der Waals surface area contributed by atoms with Gasteiger partial charge in [-0.2, -0.15) is 0 Å². The summed E-state index contributed by atoms with van der Waals surface area (Å²) in [5.74, 6) is -0.0288. The Morgan fingerprint density at radius 1 is 1.59 bits per heavy atom. The largest absolute Gasteiger partial charge is 0.489 e. The quantitative estimate of drug-likeness (QED) is 0.751. The van der Waals surface area contributed by atoms with Crippen molar-refractivity contribution in [1.29, 1.82) is 0 Å². The van der Waals surface area contributed by atoms with E-state index >= 15 is 0 Å². The molecule has 4 heteroatoms. The molecule has 0 saturated carbocycles. The molecule has 0 N–H and O–H groups in total. The highest BCUT2D eigenvalue weighted by Crippen LogP contribution is 2.20. The van der Waals surface area contributed by atoms with E-state index in [1.165, 1.54) is 12.1 Å². The number of hydrogen-bond donors (Lipinski definition) is 0. The molecule has 0 spiro atoms. The summed E-state index contributed by atoms with van der Waals surface area (Å²) in [6.07, 6.45) is 1.59. The number of likely N-dealkylation sites (tertiary alicyclic amines) is 1. The number of carbonyl (C=O) groups excluding carboxylic acids is 1. The van der Waals surface area contributed by atoms with E-state index in [0.29, 0.717) is 12.0 Å². The zero-order valence-electron chi connectivity index (χ0n) is 9.86. The molecule has 2 rings (SSSR count). The Kier molecular flexibility index (Phi) is 3.74. The van der Waals surface area contributed by atoms with Gasteiger partial charge in [-0.25, -0.2) is 4.39 Å². The van der Waals surface area contributed by atoms with Crippen molar-refractivity contribution in [3.05, 3.63) is 29.6 Å². The minimum Gasteiger partial charge on any atom is -0.489 e. The molecule has 1 unspecified atom stereocenters. The van der Waals surface area contributed by atoms with Crippen molar-refractivity contribution in [2.24, 2.45) is 0 Å². The zero-order chi connectivity index (χ0) is 12.3. The molecule has 0 aliphatic carbocycles. The van der Waals surface area contributed by atoms with Crippen LogP contribution in [0.3, 0.4) is 0 Å². The summed E-state index contributed by atoms with van der Waals surface area (Å²) in [5, 5.41) is 0. The lowest BCUT2D eigenvalue weighted by Gasteiger charge is -2.15. The summed E-state index contributed by atoms with van der Waals surface area (Å²) in [6, 6.07) is 4.37. The third-order valence-corrected chi connectivity index (χ3v) is 3.08. The first-order valence-electron chi connectivity index (χ1n) is 5.86. The topological polar surface area (TPSA) is 29.5 Å². The van der Waals surface area contributed by atoms with Gasteiger partial charge < -0.3 is 4.74 Å². The third-order valence-electron chi connectivity index (χ3n) is 3.08. The molecule has 1 aromatic rings. The minimum absolute atomic E-state index is 0.0685. The third kappa shape index (κ3) is 2.82. The fourth-order valence-corrected chi connectivity index (χ4v) is 2.05. The van der Waals surface area contributed by atoms with Crippen LogP contribution in [0.1, 0.15) is 23.7 Å². The Labute approximate surface area is 100 Å². The molecule has 1 saturated heterocycles. The van der Waals surface area contributed by atoms with E-state index in [9.17, 15) is 9.18 Å². The number of ether oxygens (including phenoxy) is 1. The zero-order valence-corrected chi connectivity index (χ0v) is 9.86. The maximum atomic E-state index is 13.3. The van der Waals surface area contributed by atoms with Crippen molar-refractivity contribution in [3.8, 4) is 5.75 Å². The van der Waals surface area contributed by atoms with E-state index < -0.39 is 5.82 Å². The molecule has 92 valence electrons. The Hall–Kier alpha value is -1.42. The number of likely N-dealkylation sites (N-methyl/N-ethyl adjacent to an activating group) is 1. The van der Waals surface area contributed by atoms with E-state index in [1.807, 2.05) is 0 Å². The van der Waals surface area contributed by atoms with Crippen molar-refractivity contribution < 1.29 is 13.9 Å². The van der Waals surface area contributed by atoms with E-state index in [2.05, 4.69) is 11.8 Å². The van der Waals surface area contributed by atoms with Crippen LogP contribution >= 0.6 is 0 Å². The fourth-order valence-electron chi connectivity index (χ4n) is 2.05. The number of hydrogen-bond acceptors (Lipinski definition) is 3. The molecular formula is C13H16FNO2. The highest BCUT2D eigenvalue weighted by atomic mass is 19.1. The van der Waals surface area contributed by atoms with Gasteiger partial charge in [-0.1, -0.05) is 6.92 Å². The van der Waals surface area contributed by atoms with Crippen LogP contribution in [-0.2, 0) is 0 Å². The van der Waals surface area contributed by atoms with Crippen LogP contribution in [-0.4, -0.2) is 36.9 Å². The van der Waals surface area contributed by atoms with Gasteiger partial charge in [0.15, 0.2) is 6.29 Å². The summed E-state index contributed by atoms with van der Waals surface area (Å²) in [6.45, 7) is 5.03. The van der Waals surface area contributed by atoms with Gasteiger partial charge in [-0.05, 0) is 25.1 Å². The van der Waals surface area contributed by atoms with E-state index in [0.717, 1.165) is 26.1 Å². The lowest BCUT2D eigenvalue weighted by molar-refractivity contribution is 0.111. The predicted octanol–water partition coefficient (Wildman–Crippen LogP) is 2.11. The molecule has 1 heterocycles. The summed E-state index contributed by atoms with van der Waals surface area (Å²) >= 11 is 0.